The van der Waals surface area contributed by atoms with Crippen molar-refractivity contribution in [2.45, 2.75) is 18.5 Å². The lowest BCUT2D eigenvalue weighted by atomic mass is 10.2. The van der Waals surface area contributed by atoms with Crippen molar-refractivity contribution < 1.29 is 13.2 Å². The molecule has 1 atom stereocenters. The molecule has 1 aliphatic heterocycles. The molecular weight excluding hydrogens is 213 g/mol. The summed E-state index contributed by atoms with van der Waals surface area (Å²) in [7, 11) is 0. The second-order valence-corrected chi connectivity index (χ2v) is 4.61. The first-order valence-electron chi connectivity index (χ1n) is 4.64. The summed E-state index contributed by atoms with van der Waals surface area (Å²) in [5.41, 5.74) is -4.08. The number of alkyl halides is 3. The molecule has 0 spiro atoms. The van der Waals surface area contributed by atoms with Crippen LogP contribution in [0.15, 0.2) is 0 Å². The highest BCUT2D eigenvalue weighted by Crippen LogP contribution is 2.29. The van der Waals surface area contributed by atoms with Gasteiger partial charge in [-0.05, 0) is 18.7 Å². The van der Waals surface area contributed by atoms with Gasteiger partial charge in [-0.25, -0.2) is 0 Å². The fraction of sp³-hybridized carbons (Fsp3) is 1.00. The molecule has 1 N–H and O–H groups in total. The Hall–Kier alpha value is 0.0600. The Morgan fingerprint density at radius 3 is 2.79 bits per heavy atom. The number of piperazine rings is 1. The van der Waals surface area contributed by atoms with Gasteiger partial charge >= 0.3 is 5.51 Å². The van der Waals surface area contributed by atoms with E-state index in [1.165, 1.54) is 0 Å². The minimum atomic E-state index is -4.08. The van der Waals surface area contributed by atoms with E-state index in [1.54, 1.807) is 0 Å². The van der Waals surface area contributed by atoms with E-state index in [0.29, 0.717) is 12.6 Å². The third-order valence-corrected chi connectivity index (χ3v) is 2.84. The van der Waals surface area contributed by atoms with Crippen molar-refractivity contribution in [1.29, 1.82) is 0 Å². The van der Waals surface area contributed by atoms with Gasteiger partial charge in [-0.1, -0.05) is 0 Å². The monoisotopic (exact) mass is 228 g/mol. The molecule has 0 aliphatic carbocycles. The Morgan fingerprint density at radius 1 is 1.50 bits per heavy atom. The van der Waals surface area contributed by atoms with Gasteiger partial charge in [0, 0.05) is 38.0 Å². The molecule has 0 unspecified atom stereocenters. The molecule has 0 aromatic heterocycles. The van der Waals surface area contributed by atoms with Gasteiger partial charge in [0.2, 0.25) is 0 Å². The Labute approximate surface area is 86.2 Å². The van der Waals surface area contributed by atoms with E-state index < -0.39 is 5.51 Å². The summed E-state index contributed by atoms with van der Waals surface area (Å²) < 4.78 is 35.5. The highest BCUT2D eigenvalue weighted by atomic mass is 32.2. The van der Waals surface area contributed by atoms with E-state index in [2.05, 4.69) is 10.2 Å². The lowest BCUT2D eigenvalue weighted by molar-refractivity contribution is -0.0328. The first-order valence-corrected chi connectivity index (χ1v) is 5.62. The minimum Gasteiger partial charge on any atom is -0.312 e. The standard InChI is InChI=1S/C8H15F3N2S/c1-7-6-13(3-2-12-7)4-5-14-8(9,10)11/h7,12H,2-6H2,1H3/t7-/m1/s1. The van der Waals surface area contributed by atoms with Gasteiger partial charge in [-0.15, -0.1) is 0 Å². The molecular formula is C8H15F3N2S. The summed E-state index contributed by atoms with van der Waals surface area (Å²) in [5.74, 6) is 0.135. The highest BCUT2D eigenvalue weighted by Gasteiger charge is 2.28. The van der Waals surface area contributed by atoms with Crippen LogP contribution in [-0.2, 0) is 0 Å². The molecule has 0 saturated carbocycles. The van der Waals surface area contributed by atoms with Gasteiger partial charge in [-0.2, -0.15) is 13.2 Å². The van der Waals surface area contributed by atoms with Gasteiger partial charge in [0.15, 0.2) is 0 Å². The fourth-order valence-corrected chi connectivity index (χ4v) is 2.09. The summed E-state index contributed by atoms with van der Waals surface area (Å²) in [4.78, 5) is 2.07. The zero-order valence-corrected chi connectivity index (χ0v) is 8.92. The first kappa shape index (κ1) is 12.1. The molecule has 6 heteroatoms. The van der Waals surface area contributed by atoms with Crippen LogP contribution in [0.2, 0.25) is 0 Å². The minimum absolute atomic E-state index is 0.0664. The van der Waals surface area contributed by atoms with E-state index in [4.69, 9.17) is 0 Å². The van der Waals surface area contributed by atoms with E-state index in [1.807, 2.05) is 6.92 Å². The Bertz CT molecular complexity index is 174. The molecule has 0 radical (unpaired) electrons. The van der Waals surface area contributed by atoms with Crippen LogP contribution in [0.5, 0.6) is 0 Å². The molecule has 1 rings (SSSR count). The number of hydrogen-bond acceptors (Lipinski definition) is 3. The average Bonchev–Trinajstić information content (AvgIpc) is 2.01. The van der Waals surface area contributed by atoms with Gasteiger partial charge in [0.05, 0.1) is 0 Å². The van der Waals surface area contributed by atoms with Gasteiger partial charge in [-0.3, -0.25) is 4.90 Å². The van der Waals surface area contributed by atoms with Crippen molar-refractivity contribution in [3.8, 4) is 0 Å². The summed E-state index contributed by atoms with van der Waals surface area (Å²) in [6, 6.07) is 0.389. The number of thioether (sulfide) groups is 1. The van der Waals surface area contributed by atoms with E-state index >= 15 is 0 Å². The van der Waals surface area contributed by atoms with Gasteiger partial charge in [0.25, 0.3) is 0 Å². The zero-order chi connectivity index (χ0) is 10.6. The zero-order valence-electron chi connectivity index (χ0n) is 8.10. The van der Waals surface area contributed by atoms with Crippen LogP contribution in [0, 0.1) is 0 Å². The summed E-state index contributed by atoms with van der Waals surface area (Å²) >= 11 is 0.0664. The molecule has 0 bridgehead atoms. The van der Waals surface area contributed by atoms with Crippen molar-refractivity contribution >= 4 is 11.8 Å². The highest BCUT2D eigenvalue weighted by molar-refractivity contribution is 8.00. The van der Waals surface area contributed by atoms with Crippen molar-refractivity contribution in [1.82, 2.24) is 10.2 Å². The smallest absolute Gasteiger partial charge is 0.312 e. The van der Waals surface area contributed by atoms with E-state index in [9.17, 15) is 13.2 Å². The van der Waals surface area contributed by atoms with E-state index in [-0.39, 0.29) is 17.5 Å². The van der Waals surface area contributed by atoms with Crippen molar-refractivity contribution in [3.63, 3.8) is 0 Å². The number of nitrogens with zero attached hydrogens (tertiary/aromatic N) is 1. The van der Waals surface area contributed by atoms with Crippen LogP contribution >= 0.6 is 11.8 Å². The fourth-order valence-electron chi connectivity index (χ4n) is 1.51. The Morgan fingerprint density at radius 2 is 2.21 bits per heavy atom. The molecule has 1 fully saturated rings. The van der Waals surface area contributed by atoms with Crippen molar-refractivity contribution in [2.24, 2.45) is 0 Å². The van der Waals surface area contributed by atoms with Crippen LogP contribution < -0.4 is 5.32 Å². The molecule has 0 aromatic rings. The van der Waals surface area contributed by atoms with Crippen LogP contribution in [0.1, 0.15) is 6.92 Å². The van der Waals surface area contributed by atoms with Crippen LogP contribution in [0.25, 0.3) is 0 Å². The maximum absolute atomic E-state index is 11.8. The third-order valence-electron chi connectivity index (χ3n) is 2.13. The summed E-state index contributed by atoms with van der Waals surface area (Å²) in [6.45, 7) is 5.14. The molecule has 2 nitrogen and oxygen atoms in total. The molecule has 1 heterocycles. The molecule has 0 aromatic carbocycles. The predicted molar refractivity (Wildman–Crippen MR) is 52.4 cm³/mol. The largest absolute Gasteiger partial charge is 0.441 e. The second-order valence-electron chi connectivity index (χ2n) is 3.45. The van der Waals surface area contributed by atoms with Crippen LogP contribution in [0.3, 0.4) is 0 Å². The SMILES string of the molecule is C[C@@H]1CN(CCSC(F)(F)F)CCN1. The molecule has 14 heavy (non-hydrogen) atoms. The topological polar surface area (TPSA) is 15.3 Å². The lowest BCUT2D eigenvalue weighted by Gasteiger charge is -2.31. The second kappa shape index (κ2) is 5.23. The average molecular weight is 228 g/mol. The van der Waals surface area contributed by atoms with Crippen LogP contribution in [-0.4, -0.2) is 48.4 Å². The maximum atomic E-state index is 11.8. The summed E-state index contributed by atoms with van der Waals surface area (Å²) in [5, 5.41) is 3.25. The lowest BCUT2D eigenvalue weighted by Crippen LogP contribution is -2.49. The van der Waals surface area contributed by atoms with Crippen LogP contribution in [0.4, 0.5) is 13.2 Å². The summed E-state index contributed by atoms with van der Waals surface area (Å²) in [6.07, 6.45) is 0. The van der Waals surface area contributed by atoms with Gasteiger partial charge in [0.1, 0.15) is 0 Å². The Balaban J connectivity index is 2.12. The van der Waals surface area contributed by atoms with Crippen molar-refractivity contribution in [2.75, 3.05) is 31.9 Å². The number of halogens is 3. The number of rotatable bonds is 3. The number of nitrogens with one attached hydrogen (secondary N) is 1. The molecule has 84 valence electrons. The predicted octanol–water partition coefficient (Wildman–Crippen LogP) is 1.53. The quantitative estimate of drug-likeness (QED) is 0.788. The van der Waals surface area contributed by atoms with Gasteiger partial charge < -0.3 is 5.32 Å². The first-order chi connectivity index (χ1) is 6.47. The third kappa shape index (κ3) is 5.07. The van der Waals surface area contributed by atoms with Crippen molar-refractivity contribution in [3.05, 3.63) is 0 Å². The molecule has 1 saturated heterocycles. The molecule has 1 aliphatic rings. The Kier molecular flexibility index (Phi) is 4.53. The normalized spacial score (nSPS) is 25.3. The molecule has 0 amide bonds. The van der Waals surface area contributed by atoms with E-state index in [0.717, 1.165) is 19.6 Å². The number of hydrogen-bond donors (Lipinski definition) is 1. The maximum Gasteiger partial charge on any atom is 0.441 e.